The Kier molecular flexibility index (Phi) is 8.32. The van der Waals surface area contributed by atoms with Crippen LogP contribution in [-0.2, 0) is 20.7 Å². The minimum atomic E-state index is -0.602. The molecular formula is C13H20N2O3S2. The average molecular weight is 316 g/mol. The molecule has 0 bridgehead atoms. The summed E-state index contributed by atoms with van der Waals surface area (Å²) in [5.41, 5.74) is 5.59. The van der Waals surface area contributed by atoms with E-state index in [0.717, 1.165) is 6.42 Å². The maximum absolute atomic E-state index is 11.6. The Balaban J connectivity index is 2.01. The zero-order valence-corrected chi connectivity index (χ0v) is 13.1. The third kappa shape index (κ3) is 6.93. The van der Waals surface area contributed by atoms with Crippen molar-refractivity contribution in [1.82, 2.24) is 5.32 Å². The van der Waals surface area contributed by atoms with E-state index in [4.69, 9.17) is 5.73 Å². The van der Waals surface area contributed by atoms with Crippen LogP contribution in [-0.4, -0.2) is 43.1 Å². The summed E-state index contributed by atoms with van der Waals surface area (Å²) >= 11 is 3.16. The third-order valence-electron chi connectivity index (χ3n) is 2.58. The van der Waals surface area contributed by atoms with E-state index in [1.54, 1.807) is 11.3 Å². The monoisotopic (exact) mass is 316 g/mol. The highest BCUT2D eigenvalue weighted by Gasteiger charge is 2.13. The number of carbonyl (C=O) groups excluding carboxylic acids is 2. The van der Waals surface area contributed by atoms with Crippen molar-refractivity contribution in [3.05, 3.63) is 22.4 Å². The van der Waals surface area contributed by atoms with E-state index >= 15 is 0 Å². The highest BCUT2D eigenvalue weighted by Crippen LogP contribution is 2.08. The van der Waals surface area contributed by atoms with Crippen molar-refractivity contribution in [3.63, 3.8) is 0 Å². The predicted octanol–water partition coefficient (Wildman–Crippen LogP) is 1.03. The maximum atomic E-state index is 11.6. The van der Waals surface area contributed by atoms with E-state index in [9.17, 15) is 9.59 Å². The lowest BCUT2D eigenvalue weighted by Crippen LogP contribution is -2.32. The minimum absolute atomic E-state index is 0.0122. The van der Waals surface area contributed by atoms with Crippen molar-refractivity contribution in [2.45, 2.75) is 18.9 Å². The van der Waals surface area contributed by atoms with Crippen LogP contribution in [0, 0.1) is 0 Å². The first-order valence-corrected chi connectivity index (χ1v) is 8.37. The second-order valence-electron chi connectivity index (χ2n) is 4.15. The fourth-order valence-corrected chi connectivity index (χ4v) is 3.04. The molecule has 1 atom stereocenters. The van der Waals surface area contributed by atoms with Crippen LogP contribution in [0.4, 0.5) is 0 Å². The summed E-state index contributed by atoms with van der Waals surface area (Å²) < 4.78 is 4.53. The molecule has 1 amide bonds. The number of esters is 1. The molecule has 1 heterocycles. The number of amides is 1. The average Bonchev–Trinajstić information content (AvgIpc) is 2.95. The number of thiophene rings is 1. The van der Waals surface area contributed by atoms with Crippen molar-refractivity contribution in [2.75, 3.05) is 25.2 Å². The van der Waals surface area contributed by atoms with Gasteiger partial charge >= 0.3 is 5.97 Å². The van der Waals surface area contributed by atoms with Gasteiger partial charge in [-0.25, -0.2) is 0 Å². The van der Waals surface area contributed by atoms with Gasteiger partial charge in [-0.1, -0.05) is 6.07 Å². The second-order valence-corrected chi connectivity index (χ2v) is 6.29. The predicted molar refractivity (Wildman–Crippen MR) is 83.0 cm³/mol. The molecule has 112 valence electrons. The highest BCUT2D eigenvalue weighted by molar-refractivity contribution is 7.99. The summed E-state index contributed by atoms with van der Waals surface area (Å²) in [6, 6.07) is 3.46. The molecule has 5 nitrogen and oxygen atoms in total. The molecule has 0 aromatic carbocycles. The molecule has 0 saturated heterocycles. The van der Waals surface area contributed by atoms with Gasteiger partial charge in [0.1, 0.15) is 6.04 Å². The Bertz CT molecular complexity index is 410. The number of hydrogen-bond acceptors (Lipinski definition) is 6. The molecule has 1 unspecified atom stereocenters. The summed E-state index contributed by atoms with van der Waals surface area (Å²) in [5.74, 6) is 0.650. The van der Waals surface area contributed by atoms with Crippen molar-refractivity contribution < 1.29 is 14.3 Å². The van der Waals surface area contributed by atoms with E-state index in [1.807, 2.05) is 11.4 Å². The van der Waals surface area contributed by atoms with Crippen LogP contribution in [0.3, 0.4) is 0 Å². The fourth-order valence-electron chi connectivity index (χ4n) is 1.48. The molecule has 1 rings (SSSR count). The molecule has 0 saturated carbocycles. The first-order chi connectivity index (χ1) is 9.63. The Labute approximate surface area is 127 Å². The van der Waals surface area contributed by atoms with Crippen LogP contribution in [0.25, 0.3) is 0 Å². The number of thioether (sulfide) groups is 1. The van der Waals surface area contributed by atoms with Crippen molar-refractivity contribution >= 4 is 35.0 Å². The van der Waals surface area contributed by atoms with E-state index in [-0.39, 0.29) is 5.91 Å². The van der Waals surface area contributed by atoms with Gasteiger partial charge in [-0.05, 0) is 30.0 Å². The molecule has 0 fully saturated rings. The van der Waals surface area contributed by atoms with Gasteiger partial charge < -0.3 is 15.8 Å². The summed E-state index contributed by atoms with van der Waals surface area (Å²) in [4.78, 5) is 23.9. The molecule has 0 radical (unpaired) electrons. The molecule has 0 aliphatic carbocycles. The zero-order chi connectivity index (χ0) is 14.8. The number of methoxy groups -OCH3 is 1. The molecule has 20 heavy (non-hydrogen) atoms. The van der Waals surface area contributed by atoms with E-state index in [1.165, 1.54) is 23.7 Å². The van der Waals surface area contributed by atoms with Gasteiger partial charge in [0.15, 0.2) is 0 Å². The van der Waals surface area contributed by atoms with Crippen LogP contribution < -0.4 is 11.1 Å². The van der Waals surface area contributed by atoms with Crippen LogP contribution in [0.15, 0.2) is 17.5 Å². The summed E-state index contributed by atoms with van der Waals surface area (Å²) in [6.07, 6.45) is 1.38. The topological polar surface area (TPSA) is 81.4 Å². The van der Waals surface area contributed by atoms with Crippen molar-refractivity contribution in [2.24, 2.45) is 5.73 Å². The zero-order valence-electron chi connectivity index (χ0n) is 11.5. The van der Waals surface area contributed by atoms with Crippen molar-refractivity contribution in [3.8, 4) is 0 Å². The summed E-state index contributed by atoms with van der Waals surface area (Å²) in [7, 11) is 1.32. The van der Waals surface area contributed by atoms with Crippen LogP contribution in [0.1, 0.15) is 11.3 Å². The smallest absolute Gasteiger partial charge is 0.322 e. The first-order valence-electron chi connectivity index (χ1n) is 6.33. The van der Waals surface area contributed by atoms with Gasteiger partial charge in [0.2, 0.25) is 5.91 Å². The lowest BCUT2D eigenvalue weighted by Gasteiger charge is -2.08. The second kappa shape index (κ2) is 9.79. The van der Waals surface area contributed by atoms with Crippen molar-refractivity contribution in [1.29, 1.82) is 0 Å². The standard InChI is InChI=1S/C13H20N2O3S2/c1-18-13(17)11(14)5-8-19-9-12(16)15-6-4-10-3-2-7-20-10/h2-3,7,11H,4-6,8-9,14H2,1H3,(H,15,16). The number of ether oxygens (including phenoxy) is 1. The van der Waals surface area contributed by atoms with Gasteiger partial charge in [-0.15, -0.1) is 11.3 Å². The van der Waals surface area contributed by atoms with Crippen LogP contribution in [0.2, 0.25) is 0 Å². The molecule has 1 aromatic rings. The Morgan fingerprint density at radius 3 is 3.00 bits per heavy atom. The Morgan fingerprint density at radius 2 is 2.35 bits per heavy atom. The molecule has 0 spiro atoms. The van der Waals surface area contributed by atoms with E-state index in [2.05, 4.69) is 16.1 Å². The maximum Gasteiger partial charge on any atom is 0.322 e. The Morgan fingerprint density at radius 1 is 1.55 bits per heavy atom. The number of carbonyl (C=O) groups is 2. The summed E-state index contributed by atoms with van der Waals surface area (Å²) in [5, 5.41) is 4.89. The summed E-state index contributed by atoms with van der Waals surface area (Å²) in [6.45, 7) is 0.654. The lowest BCUT2D eigenvalue weighted by atomic mass is 10.2. The van der Waals surface area contributed by atoms with Gasteiger partial charge in [0.25, 0.3) is 0 Å². The number of nitrogens with two attached hydrogens (primary N) is 1. The quantitative estimate of drug-likeness (QED) is 0.525. The number of hydrogen-bond donors (Lipinski definition) is 2. The van der Waals surface area contributed by atoms with Crippen LogP contribution >= 0.6 is 23.1 Å². The molecule has 0 aliphatic rings. The normalized spacial score (nSPS) is 11.9. The molecule has 1 aromatic heterocycles. The SMILES string of the molecule is COC(=O)C(N)CCSCC(=O)NCCc1cccs1. The molecule has 7 heteroatoms. The van der Waals surface area contributed by atoms with Gasteiger partial charge in [0.05, 0.1) is 12.9 Å². The third-order valence-corrected chi connectivity index (χ3v) is 4.51. The van der Waals surface area contributed by atoms with Crippen LogP contribution in [0.5, 0.6) is 0 Å². The largest absolute Gasteiger partial charge is 0.468 e. The van der Waals surface area contributed by atoms with Gasteiger partial charge in [0, 0.05) is 11.4 Å². The number of rotatable bonds is 9. The lowest BCUT2D eigenvalue weighted by molar-refractivity contribution is -0.142. The van der Waals surface area contributed by atoms with Gasteiger partial charge in [-0.3, -0.25) is 9.59 Å². The molecule has 3 N–H and O–H groups in total. The fraction of sp³-hybridized carbons (Fsp3) is 0.538. The van der Waals surface area contributed by atoms with E-state index in [0.29, 0.717) is 24.5 Å². The highest BCUT2D eigenvalue weighted by atomic mass is 32.2. The van der Waals surface area contributed by atoms with Gasteiger partial charge in [-0.2, -0.15) is 11.8 Å². The first kappa shape index (κ1) is 17.0. The molecule has 0 aliphatic heterocycles. The minimum Gasteiger partial charge on any atom is -0.468 e. The molecular weight excluding hydrogens is 296 g/mol. The Hall–Kier alpha value is -1.05. The number of nitrogens with one attached hydrogen (secondary N) is 1. The van der Waals surface area contributed by atoms with E-state index < -0.39 is 12.0 Å².